The zero-order chi connectivity index (χ0) is 12.5. The van der Waals surface area contributed by atoms with Gasteiger partial charge in [-0.15, -0.1) is 0 Å². The Kier molecular flexibility index (Phi) is 3.16. The molecule has 1 aliphatic carbocycles. The molecule has 1 aromatic carbocycles. The molecule has 1 saturated carbocycles. The van der Waals surface area contributed by atoms with E-state index in [1.165, 1.54) is 12.8 Å². The highest BCUT2D eigenvalue weighted by atomic mass is 35.5. The second-order valence-corrected chi connectivity index (χ2v) is 5.53. The highest BCUT2D eigenvalue weighted by Gasteiger charge is 2.40. The van der Waals surface area contributed by atoms with Crippen LogP contribution in [0.4, 0.5) is 4.79 Å². The first kappa shape index (κ1) is 11.8. The van der Waals surface area contributed by atoms with Crippen LogP contribution in [0.25, 0.3) is 0 Å². The molecule has 1 heterocycles. The van der Waals surface area contributed by atoms with Crippen molar-refractivity contribution in [3.63, 3.8) is 0 Å². The van der Waals surface area contributed by atoms with Gasteiger partial charge in [0.15, 0.2) is 0 Å². The summed E-state index contributed by atoms with van der Waals surface area (Å²) in [5.74, 6) is 0. The lowest BCUT2D eigenvalue weighted by atomic mass is 9.91. The van der Waals surface area contributed by atoms with Crippen molar-refractivity contribution >= 4 is 17.6 Å². The fraction of sp³-hybridized carbons (Fsp3) is 0.500. The number of hydrogen-bond acceptors (Lipinski definition) is 1. The van der Waals surface area contributed by atoms with Crippen molar-refractivity contribution in [2.75, 3.05) is 0 Å². The Labute approximate surface area is 112 Å². The molecule has 0 spiro atoms. The molecule has 0 aromatic heterocycles. The average molecular weight is 265 g/mol. The third kappa shape index (κ3) is 2.07. The van der Waals surface area contributed by atoms with E-state index in [0.717, 1.165) is 23.4 Å². The molecule has 2 aliphatic rings. The highest BCUT2D eigenvalue weighted by molar-refractivity contribution is 6.31. The number of amides is 2. The average Bonchev–Trinajstić information content (AvgIpc) is 2.69. The Morgan fingerprint density at radius 3 is 2.89 bits per heavy atom. The zero-order valence-electron chi connectivity index (χ0n) is 10.2. The number of halogens is 1. The van der Waals surface area contributed by atoms with E-state index in [1.807, 2.05) is 29.2 Å². The standard InChI is InChI=1S/C14H17ClN2O/c15-11-6-2-1-5-10(11)9-17-13-8-4-3-7-12(13)16-14(17)18/h1-2,5-6,12-13H,3-4,7-9H2,(H,16,18)/t12-,13-/m1/s1. The van der Waals surface area contributed by atoms with Gasteiger partial charge in [0.05, 0.1) is 12.1 Å². The summed E-state index contributed by atoms with van der Waals surface area (Å²) in [5.41, 5.74) is 1.03. The Morgan fingerprint density at radius 1 is 1.28 bits per heavy atom. The van der Waals surface area contributed by atoms with Gasteiger partial charge in [-0.1, -0.05) is 42.6 Å². The molecule has 18 heavy (non-hydrogen) atoms. The molecule has 1 aliphatic heterocycles. The molecule has 4 heteroatoms. The number of benzene rings is 1. The van der Waals surface area contributed by atoms with E-state index in [2.05, 4.69) is 5.32 Å². The van der Waals surface area contributed by atoms with Gasteiger partial charge in [-0.2, -0.15) is 0 Å². The van der Waals surface area contributed by atoms with Crippen molar-refractivity contribution in [1.29, 1.82) is 0 Å². The minimum absolute atomic E-state index is 0.0619. The van der Waals surface area contributed by atoms with Crippen molar-refractivity contribution in [3.8, 4) is 0 Å². The SMILES string of the molecule is O=C1N[C@@H]2CCCC[C@H]2N1Cc1ccccc1Cl. The monoisotopic (exact) mass is 264 g/mol. The van der Waals surface area contributed by atoms with Crippen LogP contribution in [-0.4, -0.2) is 23.0 Å². The molecule has 1 aromatic rings. The molecule has 96 valence electrons. The number of nitrogens with one attached hydrogen (secondary N) is 1. The molecule has 2 atom stereocenters. The maximum Gasteiger partial charge on any atom is 0.318 e. The Balaban J connectivity index is 1.79. The van der Waals surface area contributed by atoms with Crippen LogP contribution >= 0.6 is 11.6 Å². The third-order valence-corrected chi connectivity index (χ3v) is 4.37. The van der Waals surface area contributed by atoms with Crippen LogP contribution in [0, 0.1) is 0 Å². The summed E-state index contributed by atoms with van der Waals surface area (Å²) in [6.07, 6.45) is 4.65. The van der Waals surface area contributed by atoms with Gasteiger partial charge in [-0.05, 0) is 24.5 Å². The van der Waals surface area contributed by atoms with Gasteiger partial charge >= 0.3 is 6.03 Å². The number of nitrogens with zero attached hydrogens (tertiary/aromatic N) is 1. The molecule has 1 saturated heterocycles. The number of fused-ring (bicyclic) bond motifs is 1. The minimum atomic E-state index is 0.0619. The van der Waals surface area contributed by atoms with E-state index in [1.54, 1.807) is 0 Å². The fourth-order valence-corrected chi connectivity index (χ4v) is 3.24. The number of rotatable bonds is 2. The lowest BCUT2D eigenvalue weighted by molar-refractivity contribution is 0.186. The van der Waals surface area contributed by atoms with Crippen molar-refractivity contribution < 1.29 is 4.79 Å². The summed E-state index contributed by atoms with van der Waals surface area (Å²) < 4.78 is 0. The Hall–Kier alpha value is -1.22. The predicted molar refractivity (Wildman–Crippen MR) is 71.6 cm³/mol. The van der Waals surface area contributed by atoms with Crippen molar-refractivity contribution in [3.05, 3.63) is 34.9 Å². The van der Waals surface area contributed by atoms with Gasteiger partial charge in [0.1, 0.15) is 0 Å². The second-order valence-electron chi connectivity index (χ2n) is 5.13. The summed E-state index contributed by atoms with van der Waals surface area (Å²) in [5, 5.41) is 3.83. The highest BCUT2D eigenvalue weighted by Crippen LogP contribution is 2.30. The molecule has 0 bridgehead atoms. The summed E-state index contributed by atoms with van der Waals surface area (Å²) >= 11 is 6.17. The molecular weight excluding hydrogens is 248 g/mol. The van der Waals surface area contributed by atoms with Crippen molar-refractivity contribution in [2.45, 2.75) is 44.3 Å². The molecule has 0 unspecified atom stereocenters. The van der Waals surface area contributed by atoms with Crippen LogP contribution in [0.5, 0.6) is 0 Å². The molecule has 3 nitrogen and oxygen atoms in total. The van der Waals surface area contributed by atoms with Crippen LogP contribution in [0.2, 0.25) is 5.02 Å². The van der Waals surface area contributed by atoms with E-state index < -0.39 is 0 Å². The minimum Gasteiger partial charge on any atom is -0.333 e. The Bertz CT molecular complexity index is 463. The topological polar surface area (TPSA) is 32.3 Å². The normalized spacial score (nSPS) is 26.9. The van der Waals surface area contributed by atoms with Gasteiger partial charge in [-0.25, -0.2) is 4.79 Å². The number of carbonyl (C=O) groups excluding carboxylic acids is 1. The number of carbonyl (C=O) groups is 1. The molecule has 2 amide bonds. The lowest BCUT2D eigenvalue weighted by Gasteiger charge is -2.30. The van der Waals surface area contributed by atoms with Crippen LogP contribution in [0.1, 0.15) is 31.2 Å². The van der Waals surface area contributed by atoms with E-state index in [9.17, 15) is 4.79 Å². The van der Waals surface area contributed by atoms with Gasteiger partial charge in [0, 0.05) is 11.6 Å². The van der Waals surface area contributed by atoms with Crippen molar-refractivity contribution in [2.24, 2.45) is 0 Å². The van der Waals surface area contributed by atoms with E-state index >= 15 is 0 Å². The maximum atomic E-state index is 12.0. The largest absolute Gasteiger partial charge is 0.333 e. The predicted octanol–water partition coefficient (Wildman–Crippen LogP) is 3.18. The van der Waals surface area contributed by atoms with Gasteiger partial charge in [0.25, 0.3) is 0 Å². The summed E-state index contributed by atoms with van der Waals surface area (Å²) in [6.45, 7) is 0.618. The van der Waals surface area contributed by atoms with Crippen LogP contribution < -0.4 is 5.32 Å². The number of urea groups is 1. The van der Waals surface area contributed by atoms with Gasteiger partial charge < -0.3 is 10.2 Å². The zero-order valence-corrected chi connectivity index (χ0v) is 11.0. The first-order chi connectivity index (χ1) is 8.75. The quantitative estimate of drug-likeness (QED) is 0.874. The first-order valence-corrected chi connectivity index (χ1v) is 6.94. The van der Waals surface area contributed by atoms with Crippen LogP contribution in [0.3, 0.4) is 0 Å². The van der Waals surface area contributed by atoms with E-state index in [4.69, 9.17) is 11.6 Å². The summed E-state index contributed by atoms with van der Waals surface area (Å²) in [6, 6.07) is 8.50. The fourth-order valence-electron chi connectivity index (χ4n) is 3.04. The van der Waals surface area contributed by atoms with E-state index in [0.29, 0.717) is 18.6 Å². The lowest BCUT2D eigenvalue weighted by Crippen LogP contribution is -2.38. The van der Waals surface area contributed by atoms with E-state index in [-0.39, 0.29) is 6.03 Å². The smallest absolute Gasteiger partial charge is 0.318 e. The van der Waals surface area contributed by atoms with Crippen molar-refractivity contribution in [1.82, 2.24) is 10.2 Å². The summed E-state index contributed by atoms with van der Waals surface area (Å²) in [7, 11) is 0. The second kappa shape index (κ2) is 4.81. The van der Waals surface area contributed by atoms with Gasteiger partial charge in [-0.3, -0.25) is 0 Å². The molecular formula is C14H17ClN2O. The molecule has 0 radical (unpaired) electrons. The molecule has 2 fully saturated rings. The first-order valence-electron chi connectivity index (χ1n) is 6.56. The number of hydrogen-bond donors (Lipinski definition) is 1. The van der Waals surface area contributed by atoms with Crippen LogP contribution in [-0.2, 0) is 6.54 Å². The Morgan fingerprint density at radius 2 is 2.06 bits per heavy atom. The van der Waals surface area contributed by atoms with Crippen LogP contribution in [0.15, 0.2) is 24.3 Å². The maximum absolute atomic E-state index is 12.0. The summed E-state index contributed by atoms with van der Waals surface area (Å²) in [4.78, 5) is 14.0. The van der Waals surface area contributed by atoms with Gasteiger partial charge in [0.2, 0.25) is 0 Å². The third-order valence-electron chi connectivity index (χ3n) is 4.00. The molecule has 1 N–H and O–H groups in total. The molecule has 3 rings (SSSR count).